The van der Waals surface area contributed by atoms with E-state index < -0.39 is 0 Å². The Bertz CT molecular complexity index is 300. The molecule has 0 bridgehead atoms. The molecule has 1 fully saturated rings. The third kappa shape index (κ3) is 1.89. The first-order valence-electron chi connectivity index (χ1n) is 5.31. The van der Waals surface area contributed by atoms with Gasteiger partial charge in [-0.2, -0.15) is 0 Å². The lowest BCUT2D eigenvalue weighted by molar-refractivity contribution is -0.123. The standard InChI is InChI=1S/C12H16O2/c1-9-3-2-4-11(9)12(13)7-10-5-6-14-8-10/h5-6,8-9,11H,2-4,7H2,1H3. The van der Waals surface area contributed by atoms with Gasteiger partial charge < -0.3 is 4.42 Å². The second-order valence-corrected chi connectivity index (χ2v) is 4.29. The van der Waals surface area contributed by atoms with Crippen LogP contribution in [0.3, 0.4) is 0 Å². The van der Waals surface area contributed by atoms with Crippen LogP contribution in [-0.4, -0.2) is 5.78 Å². The molecule has 0 saturated heterocycles. The summed E-state index contributed by atoms with van der Waals surface area (Å²) < 4.78 is 4.95. The van der Waals surface area contributed by atoms with E-state index in [4.69, 9.17) is 4.42 Å². The van der Waals surface area contributed by atoms with E-state index in [0.717, 1.165) is 12.0 Å². The van der Waals surface area contributed by atoms with Crippen molar-refractivity contribution in [3.8, 4) is 0 Å². The Hall–Kier alpha value is -1.05. The molecule has 2 atom stereocenters. The van der Waals surface area contributed by atoms with Crippen LogP contribution in [0.15, 0.2) is 23.0 Å². The van der Waals surface area contributed by atoms with Crippen molar-refractivity contribution in [2.24, 2.45) is 11.8 Å². The largest absolute Gasteiger partial charge is 0.472 e. The summed E-state index contributed by atoms with van der Waals surface area (Å²) in [5.74, 6) is 1.26. The number of furan rings is 1. The summed E-state index contributed by atoms with van der Waals surface area (Å²) in [5, 5.41) is 0. The summed E-state index contributed by atoms with van der Waals surface area (Å²) in [6, 6.07) is 1.87. The van der Waals surface area contributed by atoms with Crippen molar-refractivity contribution >= 4 is 5.78 Å². The molecule has 0 aliphatic heterocycles. The zero-order valence-corrected chi connectivity index (χ0v) is 8.53. The molecular formula is C12H16O2. The number of carbonyl (C=O) groups is 1. The first-order chi connectivity index (χ1) is 6.77. The van der Waals surface area contributed by atoms with E-state index in [1.165, 1.54) is 12.8 Å². The Kier molecular flexibility index (Phi) is 2.71. The van der Waals surface area contributed by atoms with Gasteiger partial charge in [-0.25, -0.2) is 0 Å². The van der Waals surface area contributed by atoms with Crippen molar-refractivity contribution in [1.82, 2.24) is 0 Å². The van der Waals surface area contributed by atoms with E-state index in [1.807, 2.05) is 6.07 Å². The van der Waals surface area contributed by atoms with Crippen LogP contribution in [0.25, 0.3) is 0 Å². The molecule has 2 nitrogen and oxygen atoms in total. The summed E-state index contributed by atoms with van der Waals surface area (Å²) in [6.07, 6.45) is 7.34. The van der Waals surface area contributed by atoms with Gasteiger partial charge in [-0.3, -0.25) is 4.79 Å². The van der Waals surface area contributed by atoms with E-state index >= 15 is 0 Å². The summed E-state index contributed by atoms with van der Waals surface area (Å²) >= 11 is 0. The minimum Gasteiger partial charge on any atom is -0.472 e. The molecule has 0 N–H and O–H groups in total. The van der Waals surface area contributed by atoms with Crippen LogP contribution in [0.2, 0.25) is 0 Å². The molecule has 0 spiro atoms. The molecule has 0 radical (unpaired) electrons. The Morgan fingerprint density at radius 3 is 3.00 bits per heavy atom. The summed E-state index contributed by atoms with van der Waals surface area (Å²) in [4.78, 5) is 11.9. The molecule has 2 rings (SSSR count). The molecule has 0 aromatic carbocycles. The highest BCUT2D eigenvalue weighted by molar-refractivity contribution is 5.83. The van der Waals surface area contributed by atoms with Gasteiger partial charge in [0.05, 0.1) is 12.5 Å². The number of ketones is 1. The van der Waals surface area contributed by atoms with Crippen molar-refractivity contribution in [3.05, 3.63) is 24.2 Å². The average molecular weight is 192 g/mol. The summed E-state index contributed by atoms with van der Waals surface area (Å²) in [6.45, 7) is 2.19. The first-order valence-corrected chi connectivity index (χ1v) is 5.31. The molecule has 0 amide bonds. The van der Waals surface area contributed by atoms with Crippen LogP contribution in [0, 0.1) is 11.8 Å². The Morgan fingerprint density at radius 2 is 2.43 bits per heavy atom. The molecule has 1 aromatic heterocycles. The number of Topliss-reactive ketones (excluding diaryl/α,β-unsaturated/α-hetero) is 1. The lowest BCUT2D eigenvalue weighted by Crippen LogP contribution is -2.18. The van der Waals surface area contributed by atoms with Crippen molar-refractivity contribution in [1.29, 1.82) is 0 Å². The maximum atomic E-state index is 11.9. The van der Waals surface area contributed by atoms with Crippen LogP contribution in [-0.2, 0) is 11.2 Å². The quantitative estimate of drug-likeness (QED) is 0.737. The number of rotatable bonds is 3. The molecule has 2 unspecified atom stereocenters. The fourth-order valence-electron chi connectivity index (χ4n) is 2.35. The van der Waals surface area contributed by atoms with Gasteiger partial charge in [0.1, 0.15) is 5.78 Å². The van der Waals surface area contributed by atoms with Gasteiger partial charge >= 0.3 is 0 Å². The van der Waals surface area contributed by atoms with Crippen LogP contribution >= 0.6 is 0 Å². The van der Waals surface area contributed by atoms with E-state index in [-0.39, 0.29) is 0 Å². The highest BCUT2D eigenvalue weighted by atomic mass is 16.3. The van der Waals surface area contributed by atoms with E-state index in [2.05, 4.69) is 6.92 Å². The molecule has 1 heterocycles. The third-order valence-corrected chi connectivity index (χ3v) is 3.23. The van der Waals surface area contributed by atoms with E-state index in [9.17, 15) is 4.79 Å². The molecule has 1 aliphatic rings. The fraction of sp³-hybridized carbons (Fsp3) is 0.583. The monoisotopic (exact) mass is 192 g/mol. The third-order valence-electron chi connectivity index (χ3n) is 3.23. The lowest BCUT2D eigenvalue weighted by Gasteiger charge is -2.12. The SMILES string of the molecule is CC1CCCC1C(=O)Cc1ccoc1. The van der Waals surface area contributed by atoms with Crippen molar-refractivity contribution in [3.63, 3.8) is 0 Å². The summed E-state index contributed by atoms with van der Waals surface area (Å²) in [5.41, 5.74) is 1.01. The van der Waals surface area contributed by atoms with Crippen LogP contribution in [0.4, 0.5) is 0 Å². The Labute approximate surface area is 84.3 Å². The van der Waals surface area contributed by atoms with Crippen molar-refractivity contribution < 1.29 is 9.21 Å². The molecule has 2 heteroatoms. The predicted octanol–water partition coefficient (Wildman–Crippen LogP) is 2.83. The highest BCUT2D eigenvalue weighted by Crippen LogP contribution is 2.32. The van der Waals surface area contributed by atoms with Crippen molar-refractivity contribution in [2.75, 3.05) is 0 Å². The predicted molar refractivity (Wildman–Crippen MR) is 53.9 cm³/mol. The van der Waals surface area contributed by atoms with Gasteiger partial charge in [-0.05, 0) is 30.4 Å². The molecule has 14 heavy (non-hydrogen) atoms. The zero-order valence-electron chi connectivity index (χ0n) is 8.53. The topological polar surface area (TPSA) is 30.2 Å². The van der Waals surface area contributed by atoms with Gasteiger partial charge in [0, 0.05) is 12.3 Å². The molecule has 76 valence electrons. The lowest BCUT2D eigenvalue weighted by atomic mass is 9.91. The van der Waals surface area contributed by atoms with Gasteiger partial charge in [0.25, 0.3) is 0 Å². The van der Waals surface area contributed by atoms with Crippen LogP contribution < -0.4 is 0 Å². The highest BCUT2D eigenvalue weighted by Gasteiger charge is 2.29. The second-order valence-electron chi connectivity index (χ2n) is 4.29. The minimum absolute atomic E-state index is 0.296. The average Bonchev–Trinajstić information content (AvgIpc) is 2.75. The number of hydrogen-bond donors (Lipinski definition) is 0. The molecular weight excluding hydrogens is 176 g/mol. The smallest absolute Gasteiger partial charge is 0.140 e. The number of carbonyl (C=O) groups excluding carboxylic acids is 1. The number of hydrogen-bond acceptors (Lipinski definition) is 2. The zero-order chi connectivity index (χ0) is 9.97. The maximum absolute atomic E-state index is 11.9. The second kappa shape index (κ2) is 3.99. The van der Waals surface area contributed by atoms with Gasteiger partial charge in [0.2, 0.25) is 0 Å². The minimum atomic E-state index is 0.296. The normalized spacial score (nSPS) is 26.6. The molecule has 1 saturated carbocycles. The summed E-state index contributed by atoms with van der Waals surface area (Å²) in [7, 11) is 0. The van der Waals surface area contributed by atoms with Crippen molar-refractivity contribution in [2.45, 2.75) is 32.6 Å². The molecule has 1 aromatic rings. The van der Waals surface area contributed by atoms with Gasteiger partial charge in [0.15, 0.2) is 0 Å². The Balaban J connectivity index is 1.95. The van der Waals surface area contributed by atoms with Crippen LogP contribution in [0.5, 0.6) is 0 Å². The Morgan fingerprint density at radius 1 is 1.57 bits per heavy atom. The first kappa shape index (κ1) is 9.50. The van der Waals surface area contributed by atoms with E-state index in [1.54, 1.807) is 12.5 Å². The van der Waals surface area contributed by atoms with Crippen LogP contribution in [0.1, 0.15) is 31.7 Å². The van der Waals surface area contributed by atoms with E-state index in [0.29, 0.717) is 24.0 Å². The fourth-order valence-corrected chi connectivity index (χ4v) is 2.35. The molecule has 1 aliphatic carbocycles. The maximum Gasteiger partial charge on any atom is 0.140 e. The van der Waals surface area contributed by atoms with Gasteiger partial charge in [-0.15, -0.1) is 0 Å². The van der Waals surface area contributed by atoms with Gasteiger partial charge in [-0.1, -0.05) is 13.3 Å².